The van der Waals surface area contributed by atoms with E-state index in [0.717, 1.165) is 19.1 Å². The van der Waals surface area contributed by atoms with Gasteiger partial charge in [-0.2, -0.15) is 0 Å². The molecule has 2 nitrogen and oxygen atoms in total. The SMILES string of the molecule is C#CC1CCC(O)C1CC=O. The molecular weight excluding hydrogens is 140 g/mol. The molecule has 0 aromatic rings. The highest BCUT2D eigenvalue weighted by Crippen LogP contribution is 2.33. The molecule has 0 aliphatic heterocycles. The van der Waals surface area contributed by atoms with Crippen molar-refractivity contribution in [2.45, 2.75) is 25.4 Å². The van der Waals surface area contributed by atoms with E-state index in [9.17, 15) is 9.90 Å². The highest BCUT2D eigenvalue weighted by molar-refractivity contribution is 5.50. The number of carbonyl (C=O) groups excluding carboxylic acids is 1. The van der Waals surface area contributed by atoms with Gasteiger partial charge in [0.25, 0.3) is 0 Å². The van der Waals surface area contributed by atoms with Gasteiger partial charge in [-0.3, -0.25) is 0 Å². The Kier molecular flexibility index (Phi) is 2.67. The molecule has 3 unspecified atom stereocenters. The summed E-state index contributed by atoms with van der Waals surface area (Å²) >= 11 is 0. The summed E-state index contributed by atoms with van der Waals surface area (Å²) in [6, 6.07) is 0. The van der Waals surface area contributed by atoms with Gasteiger partial charge in [-0.25, -0.2) is 0 Å². The van der Waals surface area contributed by atoms with Crippen LogP contribution in [0.15, 0.2) is 0 Å². The van der Waals surface area contributed by atoms with Crippen LogP contribution in [0.5, 0.6) is 0 Å². The normalized spacial score (nSPS) is 36.5. The number of terminal acetylenes is 1. The van der Waals surface area contributed by atoms with Gasteiger partial charge >= 0.3 is 0 Å². The average Bonchev–Trinajstić information content (AvgIpc) is 2.34. The Bertz CT molecular complexity index is 180. The summed E-state index contributed by atoms with van der Waals surface area (Å²) in [7, 11) is 0. The molecule has 1 rings (SSSR count). The Morgan fingerprint density at radius 3 is 2.91 bits per heavy atom. The molecule has 3 atom stereocenters. The molecule has 11 heavy (non-hydrogen) atoms. The lowest BCUT2D eigenvalue weighted by atomic mass is 9.93. The topological polar surface area (TPSA) is 37.3 Å². The van der Waals surface area contributed by atoms with Crippen LogP contribution < -0.4 is 0 Å². The molecule has 1 fully saturated rings. The Labute approximate surface area is 66.6 Å². The van der Waals surface area contributed by atoms with Crippen LogP contribution >= 0.6 is 0 Å². The summed E-state index contributed by atoms with van der Waals surface area (Å²) in [4.78, 5) is 10.2. The van der Waals surface area contributed by atoms with E-state index in [1.165, 1.54) is 0 Å². The minimum Gasteiger partial charge on any atom is -0.393 e. The molecule has 1 aliphatic carbocycles. The van der Waals surface area contributed by atoms with E-state index in [1.807, 2.05) is 0 Å². The maximum absolute atomic E-state index is 10.2. The van der Waals surface area contributed by atoms with Crippen molar-refractivity contribution in [3.63, 3.8) is 0 Å². The van der Waals surface area contributed by atoms with Crippen LogP contribution in [0.4, 0.5) is 0 Å². The third-order valence-electron chi connectivity index (χ3n) is 2.37. The van der Waals surface area contributed by atoms with Gasteiger partial charge in [-0.05, 0) is 12.8 Å². The Morgan fingerprint density at radius 1 is 1.64 bits per heavy atom. The summed E-state index contributed by atoms with van der Waals surface area (Å²) in [6.07, 6.45) is 7.72. The third kappa shape index (κ3) is 1.61. The predicted molar refractivity (Wildman–Crippen MR) is 41.7 cm³/mol. The number of aliphatic hydroxyl groups excluding tert-OH is 1. The second-order valence-electron chi connectivity index (χ2n) is 2.98. The van der Waals surface area contributed by atoms with E-state index in [0.29, 0.717) is 6.42 Å². The van der Waals surface area contributed by atoms with Crippen molar-refractivity contribution in [3.8, 4) is 12.3 Å². The van der Waals surface area contributed by atoms with Crippen LogP contribution in [-0.2, 0) is 4.79 Å². The molecule has 1 N–H and O–H groups in total. The van der Waals surface area contributed by atoms with E-state index in [-0.39, 0.29) is 17.9 Å². The molecule has 0 aromatic carbocycles. The van der Waals surface area contributed by atoms with Gasteiger partial charge in [-0.1, -0.05) is 0 Å². The number of aliphatic hydroxyl groups is 1. The lowest BCUT2D eigenvalue weighted by Gasteiger charge is -2.14. The molecule has 1 saturated carbocycles. The summed E-state index contributed by atoms with van der Waals surface area (Å²) in [5.74, 6) is 2.73. The monoisotopic (exact) mass is 152 g/mol. The zero-order valence-electron chi connectivity index (χ0n) is 6.36. The first kappa shape index (κ1) is 8.29. The van der Waals surface area contributed by atoms with Crippen LogP contribution in [-0.4, -0.2) is 17.5 Å². The van der Waals surface area contributed by atoms with Gasteiger partial charge in [0.15, 0.2) is 0 Å². The highest BCUT2D eigenvalue weighted by atomic mass is 16.3. The Hall–Kier alpha value is -0.810. The predicted octanol–water partition coefficient (Wildman–Crippen LogP) is 0.596. The highest BCUT2D eigenvalue weighted by Gasteiger charge is 2.32. The summed E-state index contributed by atoms with van der Waals surface area (Å²) in [5.41, 5.74) is 0. The van der Waals surface area contributed by atoms with E-state index in [2.05, 4.69) is 5.92 Å². The van der Waals surface area contributed by atoms with Gasteiger partial charge in [0.1, 0.15) is 6.29 Å². The molecule has 0 amide bonds. The first-order valence-corrected chi connectivity index (χ1v) is 3.87. The van der Waals surface area contributed by atoms with Crippen LogP contribution in [0.1, 0.15) is 19.3 Å². The number of carbonyl (C=O) groups is 1. The maximum Gasteiger partial charge on any atom is 0.120 e. The molecule has 2 heteroatoms. The fraction of sp³-hybridized carbons (Fsp3) is 0.667. The van der Waals surface area contributed by atoms with Gasteiger partial charge in [0, 0.05) is 18.3 Å². The standard InChI is InChI=1S/C9H12O2/c1-2-7-3-4-9(11)8(7)5-6-10/h1,6-9,11H,3-5H2. The Balaban J connectivity index is 2.57. The molecule has 0 spiro atoms. The van der Waals surface area contributed by atoms with Crippen molar-refractivity contribution in [1.82, 2.24) is 0 Å². The van der Waals surface area contributed by atoms with Gasteiger partial charge in [0.2, 0.25) is 0 Å². The van der Waals surface area contributed by atoms with Crippen molar-refractivity contribution >= 4 is 6.29 Å². The van der Waals surface area contributed by atoms with Crippen LogP contribution in [0.3, 0.4) is 0 Å². The molecule has 0 heterocycles. The van der Waals surface area contributed by atoms with Crippen LogP contribution in [0.25, 0.3) is 0 Å². The lowest BCUT2D eigenvalue weighted by Crippen LogP contribution is -2.18. The molecule has 0 bridgehead atoms. The minimum absolute atomic E-state index is 0.0116. The molecule has 60 valence electrons. The molecule has 0 radical (unpaired) electrons. The minimum atomic E-state index is -0.360. The molecule has 1 aliphatic rings. The van der Waals surface area contributed by atoms with Crippen molar-refractivity contribution < 1.29 is 9.90 Å². The first-order chi connectivity index (χ1) is 5.29. The van der Waals surface area contributed by atoms with Gasteiger partial charge in [-0.15, -0.1) is 12.3 Å². The maximum atomic E-state index is 10.2. The fourth-order valence-electron chi connectivity index (χ4n) is 1.69. The number of rotatable bonds is 2. The van der Waals surface area contributed by atoms with E-state index in [4.69, 9.17) is 6.42 Å². The van der Waals surface area contributed by atoms with Crippen LogP contribution in [0.2, 0.25) is 0 Å². The van der Waals surface area contributed by atoms with E-state index < -0.39 is 0 Å². The van der Waals surface area contributed by atoms with E-state index >= 15 is 0 Å². The van der Waals surface area contributed by atoms with Gasteiger partial charge in [0.05, 0.1) is 6.10 Å². The van der Waals surface area contributed by atoms with Crippen molar-refractivity contribution in [2.75, 3.05) is 0 Å². The van der Waals surface area contributed by atoms with Crippen LogP contribution in [0, 0.1) is 24.2 Å². The number of aldehydes is 1. The largest absolute Gasteiger partial charge is 0.393 e. The summed E-state index contributed by atoms with van der Waals surface area (Å²) in [5, 5.41) is 9.37. The first-order valence-electron chi connectivity index (χ1n) is 3.87. The van der Waals surface area contributed by atoms with Crippen molar-refractivity contribution in [1.29, 1.82) is 0 Å². The zero-order valence-corrected chi connectivity index (χ0v) is 6.36. The average molecular weight is 152 g/mol. The molecule has 0 aromatic heterocycles. The van der Waals surface area contributed by atoms with Crippen molar-refractivity contribution in [2.24, 2.45) is 11.8 Å². The number of hydrogen-bond acceptors (Lipinski definition) is 2. The zero-order chi connectivity index (χ0) is 8.27. The van der Waals surface area contributed by atoms with Gasteiger partial charge < -0.3 is 9.90 Å². The van der Waals surface area contributed by atoms with Crippen molar-refractivity contribution in [3.05, 3.63) is 0 Å². The lowest BCUT2D eigenvalue weighted by molar-refractivity contribution is -0.109. The smallest absolute Gasteiger partial charge is 0.120 e. The second-order valence-corrected chi connectivity index (χ2v) is 2.98. The number of hydrogen-bond donors (Lipinski definition) is 1. The Morgan fingerprint density at radius 2 is 2.36 bits per heavy atom. The summed E-state index contributed by atoms with van der Waals surface area (Å²) < 4.78 is 0. The molecular formula is C9H12O2. The quantitative estimate of drug-likeness (QED) is 0.464. The third-order valence-corrected chi connectivity index (χ3v) is 2.37. The van der Waals surface area contributed by atoms with E-state index in [1.54, 1.807) is 0 Å². The summed E-state index contributed by atoms with van der Waals surface area (Å²) in [6.45, 7) is 0. The second kappa shape index (κ2) is 3.54. The fourth-order valence-corrected chi connectivity index (χ4v) is 1.69. The molecule has 0 saturated heterocycles.